The van der Waals surface area contributed by atoms with E-state index in [-0.39, 0.29) is 5.78 Å². The van der Waals surface area contributed by atoms with Gasteiger partial charge < -0.3 is 0 Å². The minimum atomic E-state index is 0.193. The molecule has 2 rings (SSSR count). The van der Waals surface area contributed by atoms with Crippen molar-refractivity contribution in [3.05, 3.63) is 55.7 Å². The van der Waals surface area contributed by atoms with E-state index in [1.54, 1.807) is 11.3 Å². The van der Waals surface area contributed by atoms with Gasteiger partial charge in [0.25, 0.3) is 0 Å². The zero-order valence-corrected chi connectivity index (χ0v) is 12.9. The molecule has 0 aliphatic heterocycles. The zero-order valence-electron chi connectivity index (χ0n) is 10.5. The molecular weight excluding hydrogens is 308 g/mol. The molecule has 94 valence electrons. The lowest BCUT2D eigenvalue weighted by molar-refractivity contribution is 0.0993. The van der Waals surface area contributed by atoms with Crippen molar-refractivity contribution >= 4 is 33.0 Å². The maximum Gasteiger partial charge on any atom is 0.168 e. The van der Waals surface area contributed by atoms with Gasteiger partial charge in [-0.1, -0.05) is 35.0 Å². The van der Waals surface area contributed by atoms with E-state index < -0.39 is 0 Å². The summed E-state index contributed by atoms with van der Waals surface area (Å²) in [4.78, 5) is 14.8. The minimum Gasteiger partial charge on any atom is -0.294 e. The van der Waals surface area contributed by atoms with Crippen molar-refractivity contribution in [3.63, 3.8) is 0 Å². The summed E-state index contributed by atoms with van der Waals surface area (Å²) in [5.74, 6) is 0.193. The van der Waals surface area contributed by atoms with Crippen molar-refractivity contribution in [2.45, 2.75) is 26.7 Å². The predicted molar refractivity (Wildman–Crippen MR) is 80.6 cm³/mol. The SMILES string of the molecule is CCc1ccc(CC(=O)c2cccc(Br)c2C)s1. The highest BCUT2D eigenvalue weighted by molar-refractivity contribution is 9.10. The number of hydrogen-bond donors (Lipinski definition) is 0. The molecule has 1 aromatic heterocycles. The number of carbonyl (C=O) groups excluding carboxylic acids is 1. The van der Waals surface area contributed by atoms with Crippen LogP contribution in [0.15, 0.2) is 34.8 Å². The molecule has 0 fully saturated rings. The third-order valence-electron chi connectivity index (χ3n) is 2.97. The van der Waals surface area contributed by atoms with Crippen molar-refractivity contribution in [3.8, 4) is 0 Å². The fourth-order valence-electron chi connectivity index (χ4n) is 1.87. The van der Waals surface area contributed by atoms with E-state index in [1.807, 2.05) is 25.1 Å². The number of rotatable bonds is 4. The Morgan fingerprint density at radius 2 is 1.94 bits per heavy atom. The minimum absolute atomic E-state index is 0.193. The van der Waals surface area contributed by atoms with Crippen molar-refractivity contribution in [2.75, 3.05) is 0 Å². The molecule has 18 heavy (non-hydrogen) atoms. The third kappa shape index (κ3) is 2.90. The van der Waals surface area contributed by atoms with Crippen molar-refractivity contribution in [2.24, 2.45) is 0 Å². The highest BCUT2D eigenvalue weighted by Crippen LogP contribution is 2.23. The largest absolute Gasteiger partial charge is 0.294 e. The van der Waals surface area contributed by atoms with E-state index >= 15 is 0 Å². The highest BCUT2D eigenvalue weighted by atomic mass is 79.9. The maximum atomic E-state index is 12.3. The quantitative estimate of drug-likeness (QED) is 0.738. The van der Waals surface area contributed by atoms with Crippen LogP contribution in [0.5, 0.6) is 0 Å². The van der Waals surface area contributed by atoms with Gasteiger partial charge in [0.15, 0.2) is 5.78 Å². The number of hydrogen-bond acceptors (Lipinski definition) is 2. The number of ketones is 1. The molecule has 1 nitrogen and oxygen atoms in total. The Morgan fingerprint density at radius 3 is 2.61 bits per heavy atom. The number of aryl methyl sites for hydroxylation is 1. The van der Waals surface area contributed by atoms with Gasteiger partial charge in [0.1, 0.15) is 0 Å². The van der Waals surface area contributed by atoms with Gasteiger partial charge in [0.2, 0.25) is 0 Å². The number of benzene rings is 1. The number of Topliss-reactive ketones (excluding diaryl/α,β-unsaturated/α-hetero) is 1. The fraction of sp³-hybridized carbons (Fsp3) is 0.267. The summed E-state index contributed by atoms with van der Waals surface area (Å²) >= 11 is 5.20. The first-order valence-electron chi connectivity index (χ1n) is 5.97. The lowest BCUT2D eigenvalue weighted by Gasteiger charge is -2.05. The third-order valence-corrected chi connectivity index (χ3v) is 5.06. The standard InChI is InChI=1S/C15H15BrOS/c1-3-11-7-8-12(18-11)9-15(17)13-5-4-6-14(16)10(13)2/h4-8H,3,9H2,1-2H3. The van der Waals surface area contributed by atoms with Gasteiger partial charge in [-0.25, -0.2) is 0 Å². The van der Waals surface area contributed by atoms with Crippen molar-refractivity contribution < 1.29 is 4.79 Å². The monoisotopic (exact) mass is 322 g/mol. The molecule has 3 heteroatoms. The second-order valence-corrected chi connectivity index (χ2v) is 6.34. The Kier molecular flexibility index (Phi) is 4.36. The van der Waals surface area contributed by atoms with Crippen LogP contribution >= 0.6 is 27.3 Å². The Labute approximate surface area is 120 Å². The van der Waals surface area contributed by atoms with Gasteiger partial charge in [0, 0.05) is 26.2 Å². The second kappa shape index (κ2) is 5.81. The zero-order chi connectivity index (χ0) is 13.1. The molecule has 2 aromatic rings. The van der Waals surface area contributed by atoms with Crippen LogP contribution < -0.4 is 0 Å². The maximum absolute atomic E-state index is 12.3. The summed E-state index contributed by atoms with van der Waals surface area (Å²) in [7, 11) is 0. The summed E-state index contributed by atoms with van der Waals surface area (Å²) in [5, 5.41) is 0. The lowest BCUT2D eigenvalue weighted by Crippen LogP contribution is -2.04. The second-order valence-electron chi connectivity index (χ2n) is 4.23. The Hall–Kier alpha value is -0.930. The van der Waals surface area contributed by atoms with E-state index in [0.717, 1.165) is 26.9 Å². The van der Waals surface area contributed by atoms with E-state index in [0.29, 0.717) is 6.42 Å². The van der Waals surface area contributed by atoms with Gasteiger partial charge in [-0.3, -0.25) is 4.79 Å². The average Bonchev–Trinajstić information content (AvgIpc) is 2.80. The van der Waals surface area contributed by atoms with Crippen LogP contribution in [0.4, 0.5) is 0 Å². The molecule has 1 heterocycles. The summed E-state index contributed by atoms with van der Waals surface area (Å²) in [6.07, 6.45) is 1.54. The molecule has 0 spiro atoms. The van der Waals surface area contributed by atoms with Crippen LogP contribution in [0.1, 0.15) is 32.6 Å². The fourth-order valence-corrected chi connectivity index (χ4v) is 3.19. The molecule has 1 aromatic carbocycles. The highest BCUT2D eigenvalue weighted by Gasteiger charge is 2.12. The lowest BCUT2D eigenvalue weighted by atomic mass is 10.0. The molecule has 0 saturated heterocycles. The van der Waals surface area contributed by atoms with Gasteiger partial charge in [-0.2, -0.15) is 0 Å². The van der Waals surface area contributed by atoms with E-state index in [1.165, 1.54) is 4.88 Å². The number of thiophene rings is 1. The average molecular weight is 323 g/mol. The first kappa shape index (κ1) is 13.5. The Morgan fingerprint density at radius 1 is 1.22 bits per heavy atom. The predicted octanol–water partition coefficient (Wildman–Crippen LogP) is 4.81. The van der Waals surface area contributed by atoms with Crippen molar-refractivity contribution in [1.82, 2.24) is 0 Å². The molecule has 0 aliphatic carbocycles. The summed E-state index contributed by atoms with van der Waals surface area (Å²) in [5.41, 5.74) is 1.84. The van der Waals surface area contributed by atoms with Gasteiger partial charge >= 0.3 is 0 Å². The number of halogens is 1. The molecule has 0 aliphatic rings. The summed E-state index contributed by atoms with van der Waals surface area (Å²) < 4.78 is 0.994. The molecular formula is C15H15BrOS. The van der Waals surface area contributed by atoms with Gasteiger partial charge in [-0.05, 0) is 37.1 Å². The van der Waals surface area contributed by atoms with Crippen LogP contribution in [0.25, 0.3) is 0 Å². The first-order chi connectivity index (χ1) is 8.61. The topological polar surface area (TPSA) is 17.1 Å². The molecule has 0 unspecified atom stereocenters. The Balaban J connectivity index is 2.19. The van der Waals surface area contributed by atoms with Crippen LogP contribution in [0.3, 0.4) is 0 Å². The van der Waals surface area contributed by atoms with E-state index in [9.17, 15) is 4.79 Å². The van der Waals surface area contributed by atoms with Crippen molar-refractivity contribution in [1.29, 1.82) is 0 Å². The molecule has 0 atom stereocenters. The number of carbonyl (C=O) groups is 1. The first-order valence-corrected chi connectivity index (χ1v) is 7.58. The van der Waals surface area contributed by atoms with Crippen LogP contribution in [-0.4, -0.2) is 5.78 Å². The van der Waals surface area contributed by atoms with Crippen LogP contribution in [0, 0.1) is 6.92 Å². The molecule has 0 amide bonds. The summed E-state index contributed by atoms with van der Waals surface area (Å²) in [6.45, 7) is 4.11. The van der Waals surface area contributed by atoms with Crippen LogP contribution in [0.2, 0.25) is 0 Å². The molecule has 0 radical (unpaired) electrons. The summed E-state index contributed by atoms with van der Waals surface area (Å²) in [6, 6.07) is 9.95. The molecule has 0 saturated carbocycles. The smallest absolute Gasteiger partial charge is 0.168 e. The Bertz CT molecular complexity index is 572. The normalized spacial score (nSPS) is 10.6. The van der Waals surface area contributed by atoms with E-state index in [4.69, 9.17) is 0 Å². The molecule has 0 bridgehead atoms. The van der Waals surface area contributed by atoms with Gasteiger partial charge in [-0.15, -0.1) is 11.3 Å². The van der Waals surface area contributed by atoms with E-state index in [2.05, 4.69) is 35.0 Å². The molecule has 0 N–H and O–H groups in total. The van der Waals surface area contributed by atoms with Gasteiger partial charge in [0.05, 0.1) is 0 Å². The van der Waals surface area contributed by atoms with Crippen LogP contribution in [-0.2, 0) is 12.8 Å².